The molecular formula is C13H19IN2O2. The van der Waals surface area contributed by atoms with Gasteiger partial charge in [-0.2, -0.15) is 0 Å². The Kier molecular flexibility index (Phi) is 5.40. The van der Waals surface area contributed by atoms with Crippen molar-refractivity contribution in [3.63, 3.8) is 0 Å². The number of hydrogen-bond donors (Lipinski definition) is 2. The van der Waals surface area contributed by atoms with E-state index in [1.165, 1.54) is 0 Å². The van der Waals surface area contributed by atoms with Crippen LogP contribution in [0.1, 0.15) is 32.4 Å². The Hall–Kier alpha value is -0.820. The highest BCUT2D eigenvalue weighted by Crippen LogP contribution is 2.16. The molecule has 100 valence electrons. The van der Waals surface area contributed by atoms with Gasteiger partial charge >= 0.3 is 6.09 Å². The van der Waals surface area contributed by atoms with E-state index >= 15 is 0 Å². The molecule has 0 bridgehead atoms. The molecule has 18 heavy (non-hydrogen) atoms. The van der Waals surface area contributed by atoms with Crippen LogP contribution in [0.5, 0.6) is 0 Å². The first-order valence-corrected chi connectivity index (χ1v) is 6.85. The van der Waals surface area contributed by atoms with Gasteiger partial charge in [-0.1, -0.05) is 12.1 Å². The molecule has 0 radical (unpaired) electrons. The number of hydrogen-bond acceptors (Lipinski definition) is 3. The molecule has 0 heterocycles. The molecule has 5 heteroatoms. The maximum atomic E-state index is 11.7. The summed E-state index contributed by atoms with van der Waals surface area (Å²) >= 11 is 2.23. The first-order chi connectivity index (χ1) is 8.31. The lowest BCUT2D eigenvalue weighted by Crippen LogP contribution is -2.37. The second-order valence-corrected chi connectivity index (χ2v) is 6.24. The summed E-state index contributed by atoms with van der Waals surface area (Å²) in [5.74, 6) is 0. The highest BCUT2D eigenvalue weighted by Gasteiger charge is 2.19. The zero-order chi connectivity index (χ0) is 13.8. The molecule has 1 unspecified atom stereocenters. The molecule has 4 nitrogen and oxygen atoms in total. The number of ether oxygens (including phenoxy) is 1. The molecule has 0 fully saturated rings. The van der Waals surface area contributed by atoms with E-state index in [0.29, 0.717) is 6.54 Å². The van der Waals surface area contributed by atoms with Crippen LogP contribution in [-0.4, -0.2) is 18.2 Å². The van der Waals surface area contributed by atoms with Crippen LogP contribution in [0.15, 0.2) is 24.3 Å². The molecule has 1 amide bonds. The van der Waals surface area contributed by atoms with E-state index in [2.05, 4.69) is 27.9 Å². The Labute approximate surface area is 121 Å². The number of benzene rings is 1. The fraction of sp³-hybridized carbons (Fsp3) is 0.462. The lowest BCUT2D eigenvalue weighted by Gasteiger charge is -2.23. The van der Waals surface area contributed by atoms with E-state index in [9.17, 15) is 4.79 Å². The van der Waals surface area contributed by atoms with Gasteiger partial charge in [-0.25, -0.2) is 4.79 Å². The lowest BCUT2D eigenvalue weighted by molar-refractivity contribution is 0.0505. The van der Waals surface area contributed by atoms with Gasteiger partial charge in [-0.3, -0.25) is 0 Å². The van der Waals surface area contributed by atoms with Crippen LogP contribution in [0.25, 0.3) is 0 Å². The van der Waals surface area contributed by atoms with Gasteiger partial charge in [0.1, 0.15) is 5.60 Å². The number of halogens is 1. The molecule has 0 aliphatic heterocycles. The van der Waals surface area contributed by atoms with Crippen LogP contribution in [0.2, 0.25) is 0 Å². The van der Waals surface area contributed by atoms with Crippen molar-refractivity contribution < 1.29 is 9.53 Å². The van der Waals surface area contributed by atoms with E-state index in [1.54, 1.807) is 0 Å². The van der Waals surface area contributed by atoms with Crippen molar-refractivity contribution in [1.29, 1.82) is 0 Å². The summed E-state index contributed by atoms with van der Waals surface area (Å²) in [6, 6.07) is 7.64. The molecule has 1 aromatic carbocycles. The number of alkyl carbamates (subject to hydrolysis) is 1. The average molecular weight is 362 g/mol. The quantitative estimate of drug-likeness (QED) is 0.813. The summed E-state index contributed by atoms with van der Waals surface area (Å²) in [6.07, 6.45) is -0.447. The summed E-state index contributed by atoms with van der Waals surface area (Å²) in [5, 5.41) is 2.78. The van der Waals surface area contributed by atoms with Gasteiger partial charge in [0.2, 0.25) is 0 Å². The normalized spacial score (nSPS) is 12.9. The summed E-state index contributed by atoms with van der Waals surface area (Å²) in [5.41, 5.74) is 6.17. The van der Waals surface area contributed by atoms with Crippen molar-refractivity contribution in [2.24, 2.45) is 5.73 Å². The van der Waals surface area contributed by atoms with Gasteiger partial charge in [0.05, 0.1) is 6.04 Å². The van der Waals surface area contributed by atoms with Crippen molar-refractivity contribution >= 4 is 28.7 Å². The molecule has 1 aromatic rings. The van der Waals surface area contributed by atoms with Crippen LogP contribution in [0.4, 0.5) is 4.79 Å². The number of carbonyl (C=O) groups is 1. The number of nitrogens with one attached hydrogen (secondary N) is 1. The summed E-state index contributed by atoms with van der Waals surface area (Å²) < 4.78 is 6.32. The van der Waals surface area contributed by atoms with Gasteiger partial charge in [0, 0.05) is 10.1 Å². The van der Waals surface area contributed by atoms with Gasteiger partial charge < -0.3 is 15.8 Å². The number of rotatable bonds is 3. The van der Waals surface area contributed by atoms with E-state index in [0.717, 1.165) is 9.13 Å². The van der Waals surface area contributed by atoms with Crippen LogP contribution >= 0.6 is 22.6 Å². The molecule has 0 saturated heterocycles. The zero-order valence-corrected chi connectivity index (χ0v) is 13.0. The third-order valence-electron chi connectivity index (χ3n) is 2.18. The maximum absolute atomic E-state index is 11.7. The van der Waals surface area contributed by atoms with Crippen LogP contribution in [0.3, 0.4) is 0 Å². The Morgan fingerprint density at radius 2 is 2.17 bits per heavy atom. The average Bonchev–Trinajstić information content (AvgIpc) is 2.23. The van der Waals surface area contributed by atoms with Gasteiger partial charge in [0.25, 0.3) is 0 Å². The number of carbonyl (C=O) groups excluding carboxylic acids is 1. The van der Waals surface area contributed by atoms with Crippen molar-refractivity contribution in [3.8, 4) is 0 Å². The molecule has 3 N–H and O–H groups in total. The largest absolute Gasteiger partial charge is 0.444 e. The Bertz CT molecular complexity index is 416. The van der Waals surface area contributed by atoms with Crippen LogP contribution < -0.4 is 11.1 Å². The van der Waals surface area contributed by atoms with E-state index in [-0.39, 0.29) is 6.04 Å². The van der Waals surface area contributed by atoms with Crippen molar-refractivity contribution in [3.05, 3.63) is 33.4 Å². The Morgan fingerprint density at radius 3 is 2.67 bits per heavy atom. The molecule has 1 atom stereocenters. The smallest absolute Gasteiger partial charge is 0.408 e. The molecule has 0 aromatic heterocycles. The van der Waals surface area contributed by atoms with Gasteiger partial charge in [-0.15, -0.1) is 0 Å². The number of nitrogens with two attached hydrogens (primary N) is 1. The van der Waals surface area contributed by atoms with E-state index in [4.69, 9.17) is 10.5 Å². The summed E-state index contributed by atoms with van der Waals surface area (Å²) in [7, 11) is 0. The minimum absolute atomic E-state index is 0.227. The molecular weight excluding hydrogens is 343 g/mol. The first-order valence-electron chi connectivity index (χ1n) is 5.77. The summed E-state index contributed by atoms with van der Waals surface area (Å²) in [4.78, 5) is 11.7. The topological polar surface area (TPSA) is 64.3 Å². The second kappa shape index (κ2) is 6.38. The van der Waals surface area contributed by atoms with Crippen molar-refractivity contribution in [2.45, 2.75) is 32.4 Å². The lowest BCUT2D eigenvalue weighted by atomic mass is 10.1. The number of amides is 1. The molecule has 0 aliphatic carbocycles. The first kappa shape index (κ1) is 15.2. The Balaban J connectivity index is 2.71. The molecule has 0 saturated carbocycles. The van der Waals surface area contributed by atoms with Crippen LogP contribution in [0, 0.1) is 3.57 Å². The maximum Gasteiger partial charge on any atom is 0.408 e. The van der Waals surface area contributed by atoms with Crippen molar-refractivity contribution in [1.82, 2.24) is 5.32 Å². The van der Waals surface area contributed by atoms with Gasteiger partial charge in [0.15, 0.2) is 0 Å². The third kappa shape index (κ3) is 5.22. The van der Waals surface area contributed by atoms with Gasteiger partial charge in [-0.05, 0) is 61.1 Å². The predicted molar refractivity (Wildman–Crippen MR) is 80.3 cm³/mol. The predicted octanol–water partition coefficient (Wildman–Crippen LogP) is 2.82. The fourth-order valence-corrected chi connectivity index (χ4v) is 2.02. The Morgan fingerprint density at radius 1 is 1.50 bits per heavy atom. The third-order valence-corrected chi connectivity index (χ3v) is 2.85. The van der Waals surface area contributed by atoms with Crippen LogP contribution in [-0.2, 0) is 4.74 Å². The SMILES string of the molecule is CC(C)(C)OC(=O)NC(CN)c1cccc(I)c1. The molecule has 0 aliphatic rings. The van der Waals surface area contributed by atoms with E-state index < -0.39 is 11.7 Å². The minimum Gasteiger partial charge on any atom is -0.444 e. The zero-order valence-electron chi connectivity index (χ0n) is 10.9. The molecule has 0 spiro atoms. The summed E-state index contributed by atoms with van der Waals surface area (Å²) in [6.45, 7) is 5.82. The minimum atomic E-state index is -0.506. The van der Waals surface area contributed by atoms with Crippen molar-refractivity contribution in [2.75, 3.05) is 6.54 Å². The standard InChI is InChI=1S/C13H19IN2O2/c1-13(2,3)18-12(17)16-11(8-15)9-5-4-6-10(14)7-9/h4-7,11H,8,15H2,1-3H3,(H,16,17). The molecule has 1 rings (SSSR count). The highest BCUT2D eigenvalue weighted by molar-refractivity contribution is 14.1. The highest BCUT2D eigenvalue weighted by atomic mass is 127. The van der Waals surface area contributed by atoms with E-state index in [1.807, 2.05) is 45.0 Å². The monoisotopic (exact) mass is 362 g/mol. The second-order valence-electron chi connectivity index (χ2n) is 4.99. The fourth-order valence-electron chi connectivity index (χ4n) is 1.45.